The van der Waals surface area contributed by atoms with Crippen LogP contribution >= 0.6 is 0 Å². The highest BCUT2D eigenvalue weighted by atomic mass is 32.2. The van der Waals surface area contributed by atoms with Crippen molar-refractivity contribution < 1.29 is 13.5 Å². The van der Waals surface area contributed by atoms with Crippen LogP contribution in [0, 0.1) is 5.92 Å². The molecule has 0 bridgehead atoms. The fourth-order valence-corrected chi connectivity index (χ4v) is 3.06. The second-order valence-electron chi connectivity index (χ2n) is 5.23. The molecule has 4 nitrogen and oxygen atoms in total. The van der Waals surface area contributed by atoms with Crippen molar-refractivity contribution in [1.82, 2.24) is 5.32 Å². The van der Waals surface area contributed by atoms with Crippen LogP contribution in [0.1, 0.15) is 39.5 Å². The summed E-state index contributed by atoms with van der Waals surface area (Å²) in [5, 5.41) is 12.6. The molecule has 0 amide bonds. The highest BCUT2D eigenvalue weighted by Gasteiger charge is 2.22. The minimum absolute atomic E-state index is 0.188. The van der Waals surface area contributed by atoms with E-state index in [-0.39, 0.29) is 17.1 Å². The van der Waals surface area contributed by atoms with Gasteiger partial charge in [-0.3, -0.25) is 0 Å². The highest BCUT2D eigenvalue weighted by Crippen LogP contribution is 2.23. The third-order valence-corrected chi connectivity index (χ3v) is 5.77. The van der Waals surface area contributed by atoms with Gasteiger partial charge in [0.1, 0.15) is 0 Å². The van der Waals surface area contributed by atoms with Gasteiger partial charge in [0.25, 0.3) is 0 Å². The molecule has 0 aromatic carbocycles. The molecule has 1 aliphatic carbocycles. The van der Waals surface area contributed by atoms with Crippen molar-refractivity contribution in [3.63, 3.8) is 0 Å². The van der Waals surface area contributed by atoms with E-state index in [0.29, 0.717) is 12.5 Å². The Kier molecular flexibility index (Phi) is 5.89. The predicted octanol–water partition coefficient (Wildman–Crippen LogP) is 0.950. The minimum Gasteiger partial charge on any atom is -0.393 e. The maximum atomic E-state index is 11.6. The van der Waals surface area contributed by atoms with Crippen molar-refractivity contribution in [2.75, 3.05) is 18.8 Å². The van der Waals surface area contributed by atoms with Crippen molar-refractivity contribution in [2.45, 2.75) is 50.9 Å². The average Bonchev–Trinajstić information content (AvgIpc) is 2.26. The largest absolute Gasteiger partial charge is 0.393 e. The predicted molar refractivity (Wildman–Crippen MR) is 69.8 cm³/mol. The molecule has 2 unspecified atom stereocenters. The summed E-state index contributed by atoms with van der Waals surface area (Å²) in [6.07, 6.45) is 4.01. The standard InChI is InChI=1S/C12H25NO3S/c1-10(2)17(15,16)8-7-13-9-11-5-3-4-6-12(11)14/h10-14H,3-9H2,1-2H3. The van der Waals surface area contributed by atoms with Gasteiger partial charge in [-0.2, -0.15) is 0 Å². The molecule has 0 heterocycles. The van der Waals surface area contributed by atoms with Gasteiger partial charge in [0.2, 0.25) is 0 Å². The van der Waals surface area contributed by atoms with E-state index in [1.807, 2.05) is 0 Å². The molecule has 1 saturated carbocycles. The quantitative estimate of drug-likeness (QED) is 0.700. The number of rotatable bonds is 6. The number of sulfone groups is 1. The zero-order valence-corrected chi connectivity index (χ0v) is 11.7. The Morgan fingerprint density at radius 2 is 1.94 bits per heavy atom. The molecule has 0 aliphatic heterocycles. The molecule has 0 aromatic rings. The van der Waals surface area contributed by atoms with Crippen LogP contribution < -0.4 is 5.32 Å². The van der Waals surface area contributed by atoms with Gasteiger partial charge in [-0.25, -0.2) is 8.42 Å². The van der Waals surface area contributed by atoms with E-state index in [9.17, 15) is 13.5 Å². The van der Waals surface area contributed by atoms with Gasteiger partial charge >= 0.3 is 0 Å². The van der Waals surface area contributed by atoms with E-state index in [0.717, 1.165) is 25.8 Å². The molecule has 102 valence electrons. The maximum absolute atomic E-state index is 11.6. The maximum Gasteiger partial charge on any atom is 0.153 e. The van der Waals surface area contributed by atoms with Crippen LogP contribution in [0.15, 0.2) is 0 Å². The molecule has 2 N–H and O–H groups in total. The zero-order valence-electron chi connectivity index (χ0n) is 10.9. The van der Waals surface area contributed by atoms with Crippen LogP contribution in [0.5, 0.6) is 0 Å². The second-order valence-corrected chi connectivity index (χ2v) is 7.91. The first-order valence-electron chi connectivity index (χ1n) is 6.54. The van der Waals surface area contributed by atoms with E-state index < -0.39 is 9.84 Å². The molecular formula is C12H25NO3S. The first-order valence-corrected chi connectivity index (χ1v) is 8.25. The van der Waals surface area contributed by atoms with Crippen molar-refractivity contribution in [1.29, 1.82) is 0 Å². The Bertz CT molecular complexity index is 314. The van der Waals surface area contributed by atoms with Crippen LogP contribution in [0.4, 0.5) is 0 Å². The monoisotopic (exact) mass is 263 g/mol. The fraction of sp³-hybridized carbons (Fsp3) is 1.00. The minimum atomic E-state index is -2.94. The van der Waals surface area contributed by atoms with E-state index in [2.05, 4.69) is 5.32 Å². The van der Waals surface area contributed by atoms with Crippen LogP contribution in [0.3, 0.4) is 0 Å². The number of aliphatic hydroxyl groups excluding tert-OH is 1. The molecule has 0 radical (unpaired) electrons. The Labute approximate surface area is 105 Å². The number of nitrogens with one attached hydrogen (secondary N) is 1. The molecular weight excluding hydrogens is 238 g/mol. The Morgan fingerprint density at radius 3 is 2.53 bits per heavy atom. The van der Waals surface area contributed by atoms with Gasteiger partial charge in [-0.15, -0.1) is 0 Å². The summed E-state index contributed by atoms with van der Waals surface area (Å²) in [5.41, 5.74) is 0. The van der Waals surface area contributed by atoms with Crippen molar-refractivity contribution in [3.05, 3.63) is 0 Å². The fourth-order valence-electron chi connectivity index (χ4n) is 2.16. The summed E-state index contributed by atoms with van der Waals surface area (Å²) in [6, 6.07) is 0. The number of hydrogen-bond donors (Lipinski definition) is 2. The summed E-state index contributed by atoms with van der Waals surface area (Å²) in [4.78, 5) is 0. The van der Waals surface area contributed by atoms with Crippen LogP contribution in [-0.4, -0.2) is 43.7 Å². The molecule has 2 atom stereocenters. The van der Waals surface area contributed by atoms with Crippen molar-refractivity contribution >= 4 is 9.84 Å². The van der Waals surface area contributed by atoms with Crippen LogP contribution in [0.2, 0.25) is 0 Å². The molecule has 17 heavy (non-hydrogen) atoms. The number of hydrogen-bond acceptors (Lipinski definition) is 4. The Balaban J connectivity index is 2.20. The lowest BCUT2D eigenvalue weighted by Gasteiger charge is -2.27. The average molecular weight is 263 g/mol. The van der Waals surface area contributed by atoms with Gasteiger partial charge in [0.05, 0.1) is 17.1 Å². The van der Waals surface area contributed by atoms with Gasteiger partial charge < -0.3 is 10.4 Å². The third-order valence-electron chi connectivity index (χ3n) is 3.56. The lowest BCUT2D eigenvalue weighted by atomic mass is 9.86. The van der Waals surface area contributed by atoms with E-state index in [1.54, 1.807) is 13.8 Å². The van der Waals surface area contributed by atoms with E-state index in [4.69, 9.17) is 0 Å². The molecule has 1 rings (SSSR count). The molecule has 0 spiro atoms. The van der Waals surface area contributed by atoms with Gasteiger partial charge in [-0.1, -0.05) is 12.8 Å². The summed E-state index contributed by atoms with van der Waals surface area (Å²) in [7, 11) is -2.94. The van der Waals surface area contributed by atoms with E-state index >= 15 is 0 Å². The van der Waals surface area contributed by atoms with Crippen LogP contribution in [-0.2, 0) is 9.84 Å². The van der Waals surface area contributed by atoms with Gasteiger partial charge in [-0.05, 0) is 32.6 Å². The highest BCUT2D eigenvalue weighted by molar-refractivity contribution is 7.92. The SMILES string of the molecule is CC(C)S(=O)(=O)CCNCC1CCCCC1O. The Hall–Kier alpha value is -0.130. The van der Waals surface area contributed by atoms with Crippen LogP contribution in [0.25, 0.3) is 0 Å². The van der Waals surface area contributed by atoms with Crippen molar-refractivity contribution in [3.8, 4) is 0 Å². The summed E-state index contributed by atoms with van der Waals surface area (Å²) in [5.74, 6) is 0.485. The second kappa shape index (κ2) is 6.71. The first kappa shape index (κ1) is 14.9. The zero-order chi connectivity index (χ0) is 12.9. The smallest absolute Gasteiger partial charge is 0.153 e. The summed E-state index contributed by atoms with van der Waals surface area (Å²) >= 11 is 0. The molecule has 0 saturated heterocycles. The lowest BCUT2D eigenvalue weighted by molar-refractivity contribution is 0.0700. The topological polar surface area (TPSA) is 66.4 Å². The first-order chi connectivity index (χ1) is 7.93. The third kappa shape index (κ3) is 4.94. The number of aliphatic hydroxyl groups is 1. The Morgan fingerprint density at radius 1 is 1.29 bits per heavy atom. The molecule has 1 fully saturated rings. The van der Waals surface area contributed by atoms with Gasteiger partial charge in [0, 0.05) is 13.1 Å². The molecule has 5 heteroatoms. The summed E-state index contributed by atoms with van der Waals surface area (Å²) in [6.45, 7) is 4.64. The van der Waals surface area contributed by atoms with E-state index in [1.165, 1.54) is 6.42 Å². The van der Waals surface area contributed by atoms with Gasteiger partial charge in [0.15, 0.2) is 9.84 Å². The molecule has 0 aromatic heterocycles. The molecule has 1 aliphatic rings. The summed E-state index contributed by atoms with van der Waals surface area (Å²) < 4.78 is 23.1. The van der Waals surface area contributed by atoms with Crippen molar-refractivity contribution in [2.24, 2.45) is 5.92 Å². The lowest BCUT2D eigenvalue weighted by Crippen LogP contribution is -2.36. The normalized spacial score (nSPS) is 26.4.